The molecule has 2 aromatic carbocycles. The Kier molecular flexibility index (Phi) is 3.46. The third-order valence-corrected chi connectivity index (χ3v) is 4.58. The number of hydrogen-bond acceptors (Lipinski definition) is 1. The van der Waals surface area contributed by atoms with Gasteiger partial charge in [0, 0.05) is 0 Å². The number of rotatable bonds is 3. The lowest BCUT2D eigenvalue weighted by atomic mass is 9.76. The highest BCUT2D eigenvalue weighted by Gasteiger charge is 2.45. The molecule has 1 atom stereocenters. The van der Waals surface area contributed by atoms with E-state index in [1.807, 2.05) is 24.3 Å². The second-order valence-electron chi connectivity index (χ2n) is 5.43. The molecule has 21 heavy (non-hydrogen) atoms. The summed E-state index contributed by atoms with van der Waals surface area (Å²) in [5.41, 5.74) is 1.10. The molecule has 1 N–H and O–H groups in total. The number of fused-ring (bicyclic) bond motifs is 1. The molecule has 0 aromatic heterocycles. The van der Waals surface area contributed by atoms with Gasteiger partial charge in [-0.1, -0.05) is 48.0 Å². The quantitative estimate of drug-likeness (QED) is 0.931. The summed E-state index contributed by atoms with van der Waals surface area (Å²) in [5.74, 6) is -1.43. The van der Waals surface area contributed by atoms with Gasteiger partial charge in [0.05, 0.1) is 10.4 Å². The van der Waals surface area contributed by atoms with Gasteiger partial charge in [0.15, 0.2) is 0 Å². The van der Waals surface area contributed by atoms with Gasteiger partial charge in [0.2, 0.25) is 0 Å². The fourth-order valence-electron chi connectivity index (χ4n) is 3.18. The maximum absolute atomic E-state index is 14.1. The first-order valence-corrected chi connectivity index (χ1v) is 7.17. The van der Waals surface area contributed by atoms with Gasteiger partial charge >= 0.3 is 5.97 Å². The predicted molar refractivity (Wildman–Crippen MR) is 79.2 cm³/mol. The summed E-state index contributed by atoms with van der Waals surface area (Å²) in [6, 6.07) is 12.2. The molecule has 2 aromatic rings. The normalized spacial score (nSPS) is 20.3. The van der Waals surface area contributed by atoms with E-state index in [9.17, 15) is 14.3 Å². The minimum atomic E-state index is -1.07. The standard InChI is InChI=1S/C17H14ClFO2/c18-14-7-3-5-12(15(14)19)10-17(16(20)21)9-8-11-4-1-2-6-13(11)17/h1-7H,8-10H2,(H,20,21). The molecule has 0 spiro atoms. The molecule has 0 heterocycles. The Morgan fingerprint density at radius 3 is 2.76 bits per heavy atom. The average molecular weight is 305 g/mol. The lowest BCUT2D eigenvalue weighted by molar-refractivity contribution is -0.143. The molecule has 0 amide bonds. The Balaban J connectivity index is 2.09. The minimum Gasteiger partial charge on any atom is -0.481 e. The number of carbonyl (C=O) groups is 1. The Hall–Kier alpha value is -1.87. The van der Waals surface area contributed by atoms with E-state index < -0.39 is 17.2 Å². The van der Waals surface area contributed by atoms with Crippen molar-refractivity contribution in [2.45, 2.75) is 24.7 Å². The Bertz CT molecular complexity index is 714. The summed E-state index contributed by atoms with van der Waals surface area (Å²) < 4.78 is 14.1. The van der Waals surface area contributed by atoms with Crippen LogP contribution in [0.15, 0.2) is 42.5 Å². The first kappa shape index (κ1) is 14.1. The van der Waals surface area contributed by atoms with Crippen LogP contribution >= 0.6 is 11.6 Å². The van der Waals surface area contributed by atoms with Crippen LogP contribution in [-0.4, -0.2) is 11.1 Å². The molecule has 1 unspecified atom stereocenters. The zero-order chi connectivity index (χ0) is 15.0. The molecule has 0 fully saturated rings. The van der Waals surface area contributed by atoms with Crippen LogP contribution in [0, 0.1) is 5.82 Å². The van der Waals surface area contributed by atoms with E-state index in [4.69, 9.17) is 11.6 Å². The van der Waals surface area contributed by atoms with Crippen LogP contribution < -0.4 is 0 Å². The average Bonchev–Trinajstić information content (AvgIpc) is 2.84. The second-order valence-corrected chi connectivity index (χ2v) is 5.84. The van der Waals surface area contributed by atoms with Gasteiger partial charge in [-0.15, -0.1) is 0 Å². The summed E-state index contributed by atoms with van der Waals surface area (Å²) in [5, 5.41) is 9.80. The SMILES string of the molecule is O=C(O)C1(Cc2cccc(Cl)c2F)CCc2ccccc21. The summed E-state index contributed by atoms with van der Waals surface area (Å²) in [7, 11) is 0. The lowest BCUT2D eigenvalue weighted by Gasteiger charge is -2.26. The van der Waals surface area contributed by atoms with Gasteiger partial charge in [-0.05, 0) is 42.0 Å². The molecule has 1 aliphatic rings. The van der Waals surface area contributed by atoms with Crippen molar-refractivity contribution in [3.8, 4) is 0 Å². The molecule has 4 heteroatoms. The van der Waals surface area contributed by atoms with Crippen LogP contribution in [0.25, 0.3) is 0 Å². The van der Waals surface area contributed by atoms with Crippen molar-refractivity contribution in [1.82, 2.24) is 0 Å². The van der Waals surface area contributed by atoms with Crippen LogP contribution in [0.4, 0.5) is 4.39 Å². The summed E-state index contributed by atoms with van der Waals surface area (Å²) in [6.07, 6.45) is 1.30. The number of benzene rings is 2. The largest absolute Gasteiger partial charge is 0.481 e. The van der Waals surface area contributed by atoms with Gasteiger partial charge in [-0.2, -0.15) is 0 Å². The molecule has 0 radical (unpaired) electrons. The van der Waals surface area contributed by atoms with Crippen molar-refractivity contribution >= 4 is 17.6 Å². The number of carboxylic acid groups (broad SMARTS) is 1. The van der Waals surface area contributed by atoms with Crippen LogP contribution in [0.3, 0.4) is 0 Å². The molecule has 0 saturated heterocycles. The Labute approximate surface area is 127 Å². The highest BCUT2D eigenvalue weighted by Crippen LogP contribution is 2.42. The first-order chi connectivity index (χ1) is 10.0. The Morgan fingerprint density at radius 2 is 2.00 bits per heavy atom. The summed E-state index contributed by atoms with van der Waals surface area (Å²) in [6.45, 7) is 0. The van der Waals surface area contributed by atoms with Crippen molar-refractivity contribution < 1.29 is 14.3 Å². The fraction of sp³-hybridized carbons (Fsp3) is 0.235. The van der Waals surface area contributed by atoms with Crippen LogP contribution in [0.5, 0.6) is 0 Å². The van der Waals surface area contributed by atoms with E-state index in [1.54, 1.807) is 12.1 Å². The number of aryl methyl sites for hydroxylation is 1. The van der Waals surface area contributed by atoms with Crippen LogP contribution in [-0.2, 0) is 23.1 Å². The highest BCUT2D eigenvalue weighted by atomic mass is 35.5. The van der Waals surface area contributed by atoms with E-state index in [1.165, 1.54) is 6.07 Å². The van der Waals surface area contributed by atoms with Gasteiger partial charge in [0.25, 0.3) is 0 Å². The van der Waals surface area contributed by atoms with Gasteiger partial charge in [-0.3, -0.25) is 4.79 Å². The van der Waals surface area contributed by atoms with Gasteiger partial charge < -0.3 is 5.11 Å². The number of carboxylic acids is 1. The van der Waals surface area contributed by atoms with Gasteiger partial charge in [-0.25, -0.2) is 4.39 Å². The molecule has 108 valence electrons. The minimum absolute atomic E-state index is 0.0271. The van der Waals surface area contributed by atoms with Crippen molar-refractivity contribution in [1.29, 1.82) is 0 Å². The maximum Gasteiger partial charge on any atom is 0.314 e. The highest BCUT2D eigenvalue weighted by molar-refractivity contribution is 6.30. The van der Waals surface area contributed by atoms with Crippen LogP contribution in [0.1, 0.15) is 23.1 Å². The molecular formula is C17H14ClFO2. The molecule has 0 bridgehead atoms. The third-order valence-electron chi connectivity index (χ3n) is 4.29. The molecule has 0 aliphatic heterocycles. The monoisotopic (exact) mass is 304 g/mol. The molecule has 1 aliphatic carbocycles. The number of halogens is 2. The zero-order valence-corrected chi connectivity index (χ0v) is 12.0. The molecular weight excluding hydrogens is 291 g/mol. The summed E-state index contributed by atoms with van der Waals surface area (Å²) >= 11 is 5.80. The van der Waals surface area contributed by atoms with Crippen molar-refractivity contribution in [2.24, 2.45) is 0 Å². The molecule has 0 saturated carbocycles. The second kappa shape index (κ2) is 5.15. The zero-order valence-electron chi connectivity index (χ0n) is 11.3. The number of hydrogen-bond donors (Lipinski definition) is 1. The predicted octanol–water partition coefficient (Wildman–Crippen LogP) is 3.99. The molecule has 2 nitrogen and oxygen atoms in total. The van der Waals surface area contributed by atoms with E-state index in [2.05, 4.69) is 0 Å². The third kappa shape index (κ3) is 2.22. The fourth-order valence-corrected chi connectivity index (χ4v) is 3.37. The van der Waals surface area contributed by atoms with E-state index >= 15 is 0 Å². The Morgan fingerprint density at radius 1 is 1.24 bits per heavy atom. The van der Waals surface area contributed by atoms with Crippen molar-refractivity contribution in [3.05, 3.63) is 70.0 Å². The first-order valence-electron chi connectivity index (χ1n) is 6.79. The van der Waals surface area contributed by atoms with Gasteiger partial charge in [0.1, 0.15) is 5.82 Å². The topological polar surface area (TPSA) is 37.3 Å². The smallest absolute Gasteiger partial charge is 0.314 e. The summed E-state index contributed by atoms with van der Waals surface area (Å²) in [4.78, 5) is 11.9. The van der Waals surface area contributed by atoms with E-state index in [0.29, 0.717) is 18.4 Å². The van der Waals surface area contributed by atoms with E-state index in [0.717, 1.165) is 11.1 Å². The number of aliphatic carboxylic acids is 1. The van der Waals surface area contributed by atoms with Crippen molar-refractivity contribution in [3.63, 3.8) is 0 Å². The molecule has 3 rings (SSSR count). The van der Waals surface area contributed by atoms with Crippen LogP contribution in [0.2, 0.25) is 5.02 Å². The van der Waals surface area contributed by atoms with E-state index in [-0.39, 0.29) is 11.4 Å². The maximum atomic E-state index is 14.1. The van der Waals surface area contributed by atoms with Crippen molar-refractivity contribution in [2.75, 3.05) is 0 Å². The lowest BCUT2D eigenvalue weighted by Crippen LogP contribution is -2.36.